The Morgan fingerprint density at radius 3 is 2.95 bits per heavy atom. The highest BCUT2D eigenvalue weighted by molar-refractivity contribution is 5.84. The predicted molar refractivity (Wildman–Crippen MR) is 77.2 cm³/mol. The van der Waals surface area contributed by atoms with E-state index in [1.807, 2.05) is 13.0 Å². The third-order valence-corrected chi connectivity index (χ3v) is 3.54. The summed E-state index contributed by atoms with van der Waals surface area (Å²) in [6.45, 7) is 1.92. The van der Waals surface area contributed by atoms with Crippen LogP contribution in [0.4, 0.5) is 5.82 Å². The van der Waals surface area contributed by atoms with Crippen molar-refractivity contribution in [3.05, 3.63) is 41.7 Å². The van der Waals surface area contributed by atoms with Gasteiger partial charge in [-0.3, -0.25) is 10.7 Å². The fourth-order valence-corrected chi connectivity index (χ4v) is 2.50. The van der Waals surface area contributed by atoms with E-state index in [1.54, 1.807) is 0 Å². The molecule has 2 aromatic rings. The van der Waals surface area contributed by atoms with E-state index in [-0.39, 0.29) is 0 Å². The molecule has 102 valence electrons. The quantitative estimate of drug-likeness (QED) is 0.499. The highest BCUT2D eigenvalue weighted by atomic mass is 16.5. The van der Waals surface area contributed by atoms with Gasteiger partial charge >= 0.3 is 0 Å². The Labute approximate surface area is 117 Å². The number of nitrogens with zero attached hydrogens (tertiary/aromatic N) is 3. The number of fused-ring (bicyclic) bond motifs is 3. The van der Waals surface area contributed by atoms with Gasteiger partial charge in [0.15, 0.2) is 5.82 Å². The van der Waals surface area contributed by atoms with E-state index in [9.17, 15) is 0 Å². The number of amidine groups is 1. The molecule has 0 amide bonds. The van der Waals surface area contributed by atoms with Crippen LogP contribution in [-0.4, -0.2) is 21.0 Å². The number of hydroxylamine groups is 1. The van der Waals surface area contributed by atoms with E-state index in [4.69, 9.17) is 5.21 Å². The summed E-state index contributed by atoms with van der Waals surface area (Å²) in [5.41, 5.74) is 6.58. The monoisotopic (exact) mass is 268 g/mol. The van der Waals surface area contributed by atoms with Crippen molar-refractivity contribution in [1.82, 2.24) is 15.4 Å². The van der Waals surface area contributed by atoms with Gasteiger partial charge in [0.1, 0.15) is 12.2 Å². The Kier molecular flexibility index (Phi) is 3.43. The smallest absolute Gasteiger partial charge is 0.161 e. The van der Waals surface area contributed by atoms with Crippen molar-refractivity contribution in [2.24, 2.45) is 4.99 Å². The van der Waals surface area contributed by atoms with E-state index in [0.717, 1.165) is 29.7 Å². The molecule has 0 atom stereocenters. The van der Waals surface area contributed by atoms with Crippen LogP contribution < -0.4 is 5.48 Å². The zero-order valence-corrected chi connectivity index (χ0v) is 11.3. The largest absolute Gasteiger partial charge is 0.290 e. The van der Waals surface area contributed by atoms with Gasteiger partial charge in [-0.2, -0.15) is 0 Å². The van der Waals surface area contributed by atoms with Crippen LogP contribution in [0.5, 0.6) is 0 Å². The second kappa shape index (κ2) is 5.38. The Morgan fingerprint density at radius 2 is 2.15 bits per heavy atom. The molecular weight excluding hydrogens is 252 g/mol. The lowest BCUT2D eigenvalue weighted by Gasteiger charge is -2.19. The molecule has 3 rings (SSSR count). The highest BCUT2D eigenvalue weighted by Gasteiger charge is 2.20. The van der Waals surface area contributed by atoms with Crippen LogP contribution in [0, 0.1) is 0 Å². The second-order valence-electron chi connectivity index (χ2n) is 4.71. The number of nitrogens with one attached hydrogen (secondary N) is 1. The van der Waals surface area contributed by atoms with Crippen molar-refractivity contribution >= 4 is 11.7 Å². The molecule has 1 heterocycles. The summed E-state index contributed by atoms with van der Waals surface area (Å²) in [5, 5.41) is 9.03. The van der Waals surface area contributed by atoms with Gasteiger partial charge in [-0.05, 0) is 18.4 Å². The number of aryl methyl sites for hydroxylation is 1. The lowest BCUT2D eigenvalue weighted by Crippen LogP contribution is -2.17. The van der Waals surface area contributed by atoms with Crippen molar-refractivity contribution in [2.75, 3.05) is 0 Å². The maximum absolute atomic E-state index is 9.03. The zero-order chi connectivity index (χ0) is 13.9. The van der Waals surface area contributed by atoms with Gasteiger partial charge in [-0.1, -0.05) is 31.2 Å². The molecular formula is C15H16N4O. The molecule has 0 radical (unpaired) electrons. The number of benzene rings is 1. The van der Waals surface area contributed by atoms with E-state index >= 15 is 0 Å². The summed E-state index contributed by atoms with van der Waals surface area (Å²) in [7, 11) is 0. The second-order valence-corrected chi connectivity index (χ2v) is 4.71. The van der Waals surface area contributed by atoms with Crippen molar-refractivity contribution in [1.29, 1.82) is 0 Å². The molecule has 5 heteroatoms. The molecule has 1 aromatic carbocycles. The average molecular weight is 268 g/mol. The Bertz CT molecular complexity index is 661. The van der Waals surface area contributed by atoms with Gasteiger partial charge in [-0.15, -0.1) is 0 Å². The molecule has 2 N–H and O–H groups in total. The van der Waals surface area contributed by atoms with Gasteiger partial charge in [0, 0.05) is 17.5 Å². The summed E-state index contributed by atoms with van der Waals surface area (Å²) in [6, 6.07) is 8.29. The number of aliphatic imine (C=N–C) groups is 1. The molecule has 0 fully saturated rings. The first-order valence-corrected chi connectivity index (χ1v) is 6.73. The molecule has 0 unspecified atom stereocenters. The summed E-state index contributed by atoms with van der Waals surface area (Å²) < 4.78 is 0. The maximum Gasteiger partial charge on any atom is 0.161 e. The normalized spacial score (nSPS) is 13.6. The minimum atomic E-state index is 0.504. The molecule has 0 bridgehead atoms. The first-order valence-electron chi connectivity index (χ1n) is 6.73. The maximum atomic E-state index is 9.03. The van der Waals surface area contributed by atoms with E-state index in [0.29, 0.717) is 18.1 Å². The first-order chi connectivity index (χ1) is 9.83. The SMILES string of the molecule is CCC(=Nc1ncnc2c1CCc1ccccc1-2)NO. The van der Waals surface area contributed by atoms with Crippen molar-refractivity contribution in [3.63, 3.8) is 0 Å². The standard InChI is InChI=1S/C15H16N4O/c1-2-13(19-20)18-15-12-8-7-10-5-3-4-6-11(10)14(12)16-9-17-15/h3-6,9,20H,2,7-8H2,1H3,(H,16,17,18,19). The summed E-state index contributed by atoms with van der Waals surface area (Å²) >= 11 is 0. The summed E-state index contributed by atoms with van der Waals surface area (Å²) in [6.07, 6.45) is 3.98. The third kappa shape index (κ3) is 2.16. The van der Waals surface area contributed by atoms with Crippen LogP contribution in [0.1, 0.15) is 24.5 Å². The highest BCUT2D eigenvalue weighted by Crippen LogP contribution is 2.35. The topological polar surface area (TPSA) is 70.4 Å². The first kappa shape index (κ1) is 12.7. The Balaban J connectivity index is 2.13. The van der Waals surface area contributed by atoms with Crippen molar-refractivity contribution in [2.45, 2.75) is 26.2 Å². The van der Waals surface area contributed by atoms with Gasteiger partial charge in [0.2, 0.25) is 0 Å². The predicted octanol–water partition coefficient (Wildman–Crippen LogP) is 2.66. The number of hydrogen-bond donors (Lipinski definition) is 2. The van der Waals surface area contributed by atoms with Crippen molar-refractivity contribution in [3.8, 4) is 11.3 Å². The molecule has 5 nitrogen and oxygen atoms in total. The van der Waals surface area contributed by atoms with Gasteiger partial charge < -0.3 is 0 Å². The molecule has 0 aliphatic heterocycles. The van der Waals surface area contributed by atoms with Gasteiger partial charge in [-0.25, -0.2) is 15.0 Å². The summed E-state index contributed by atoms with van der Waals surface area (Å²) in [5.74, 6) is 1.15. The number of rotatable bonds is 2. The average Bonchev–Trinajstić information content (AvgIpc) is 2.52. The molecule has 1 aromatic heterocycles. The molecule has 0 saturated carbocycles. The number of hydrogen-bond acceptors (Lipinski definition) is 4. The summed E-state index contributed by atoms with van der Waals surface area (Å²) in [4.78, 5) is 13.1. The van der Waals surface area contributed by atoms with Gasteiger partial charge in [0.25, 0.3) is 0 Å². The van der Waals surface area contributed by atoms with E-state index < -0.39 is 0 Å². The van der Waals surface area contributed by atoms with Crippen molar-refractivity contribution < 1.29 is 5.21 Å². The lowest BCUT2D eigenvalue weighted by molar-refractivity contribution is 0.232. The molecule has 1 aliphatic rings. The zero-order valence-electron chi connectivity index (χ0n) is 11.3. The minimum Gasteiger partial charge on any atom is -0.290 e. The van der Waals surface area contributed by atoms with Crippen LogP contribution in [0.15, 0.2) is 35.6 Å². The third-order valence-electron chi connectivity index (χ3n) is 3.54. The van der Waals surface area contributed by atoms with Gasteiger partial charge in [0.05, 0.1) is 5.69 Å². The molecule has 1 aliphatic carbocycles. The van der Waals surface area contributed by atoms with Crippen LogP contribution in [0.25, 0.3) is 11.3 Å². The minimum absolute atomic E-state index is 0.504. The molecule has 0 saturated heterocycles. The van der Waals surface area contributed by atoms with E-state index in [2.05, 4.69) is 38.6 Å². The Hall–Kier alpha value is -2.27. The van der Waals surface area contributed by atoms with Crippen LogP contribution in [0.2, 0.25) is 0 Å². The van der Waals surface area contributed by atoms with Crippen LogP contribution >= 0.6 is 0 Å². The van der Waals surface area contributed by atoms with Crippen LogP contribution in [0.3, 0.4) is 0 Å². The van der Waals surface area contributed by atoms with Crippen LogP contribution in [-0.2, 0) is 12.8 Å². The fraction of sp³-hybridized carbons (Fsp3) is 0.267. The van der Waals surface area contributed by atoms with E-state index in [1.165, 1.54) is 11.9 Å². The molecule has 0 spiro atoms. The lowest BCUT2D eigenvalue weighted by atomic mass is 9.89. The Morgan fingerprint density at radius 1 is 1.30 bits per heavy atom. The fourth-order valence-electron chi connectivity index (χ4n) is 2.50. The molecule has 20 heavy (non-hydrogen) atoms. The number of aromatic nitrogens is 2.